The maximum atomic E-state index is 12.9. The highest BCUT2D eigenvalue weighted by molar-refractivity contribution is 7.99. The van der Waals surface area contributed by atoms with E-state index in [9.17, 15) is 4.79 Å². The summed E-state index contributed by atoms with van der Waals surface area (Å²) in [6, 6.07) is 11.4. The van der Waals surface area contributed by atoms with E-state index in [0.29, 0.717) is 35.5 Å². The number of hydrogen-bond acceptors (Lipinski definition) is 6. The Bertz CT molecular complexity index is 891. The number of fused-ring (bicyclic) bond motifs is 1. The molecule has 154 valence electrons. The largest absolute Gasteiger partial charge is 0.493 e. The topological polar surface area (TPSA) is 69.3 Å². The Morgan fingerprint density at radius 2 is 2.00 bits per heavy atom. The van der Waals surface area contributed by atoms with Crippen molar-refractivity contribution >= 4 is 23.5 Å². The molecule has 2 aromatic carbocycles. The molecule has 0 aromatic heterocycles. The van der Waals surface area contributed by atoms with E-state index in [2.05, 4.69) is 17.4 Å². The summed E-state index contributed by atoms with van der Waals surface area (Å²) < 4.78 is 21.6. The minimum Gasteiger partial charge on any atom is -0.493 e. The predicted molar refractivity (Wildman–Crippen MR) is 113 cm³/mol. The Morgan fingerprint density at radius 3 is 2.83 bits per heavy atom. The van der Waals surface area contributed by atoms with Gasteiger partial charge in [0, 0.05) is 24.1 Å². The van der Waals surface area contributed by atoms with Crippen LogP contribution in [0, 0.1) is 0 Å². The maximum absolute atomic E-state index is 12.9. The lowest BCUT2D eigenvalue weighted by Gasteiger charge is -2.22. The zero-order valence-electron chi connectivity index (χ0n) is 16.5. The van der Waals surface area contributed by atoms with Gasteiger partial charge in [-0.15, -0.1) is 0 Å². The van der Waals surface area contributed by atoms with Crippen molar-refractivity contribution < 1.29 is 23.7 Å². The van der Waals surface area contributed by atoms with Crippen molar-refractivity contribution in [3.63, 3.8) is 0 Å². The number of hydrogen-bond donors (Lipinski definition) is 1. The molecule has 1 saturated heterocycles. The van der Waals surface area contributed by atoms with Crippen molar-refractivity contribution in [2.45, 2.75) is 11.7 Å². The first-order valence-corrected chi connectivity index (χ1v) is 10.5. The van der Waals surface area contributed by atoms with Crippen LogP contribution in [0.2, 0.25) is 0 Å². The first-order chi connectivity index (χ1) is 14.2. The second-order valence-corrected chi connectivity index (χ2v) is 8.03. The van der Waals surface area contributed by atoms with Gasteiger partial charge in [0.05, 0.1) is 19.9 Å². The highest BCUT2D eigenvalue weighted by atomic mass is 32.2. The molecule has 29 heavy (non-hydrogen) atoms. The average molecular weight is 416 g/mol. The van der Waals surface area contributed by atoms with Gasteiger partial charge >= 0.3 is 6.03 Å². The van der Waals surface area contributed by atoms with Crippen molar-refractivity contribution in [2.75, 3.05) is 45.2 Å². The molecule has 1 atom stereocenters. The van der Waals surface area contributed by atoms with Crippen molar-refractivity contribution in [1.29, 1.82) is 0 Å². The van der Waals surface area contributed by atoms with E-state index in [4.69, 9.17) is 18.9 Å². The molecule has 1 fully saturated rings. The smallest absolute Gasteiger partial charge is 0.321 e. The molecular weight excluding hydrogens is 392 g/mol. The summed E-state index contributed by atoms with van der Waals surface area (Å²) in [6.07, 6.45) is 0.868. The molecule has 2 aliphatic heterocycles. The minimum absolute atomic E-state index is 0.136. The zero-order valence-corrected chi connectivity index (χ0v) is 17.3. The summed E-state index contributed by atoms with van der Waals surface area (Å²) >= 11 is 1.86. The third kappa shape index (κ3) is 4.17. The number of benzene rings is 2. The van der Waals surface area contributed by atoms with Crippen LogP contribution < -0.4 is 24.3 Å². The van der Waals surface area contributed by atoms with E-state index < -0.39 is 0 Å². The van der Waals surface area contributed by atoms with E-state index in [0.717, 1.165) is 23.7 Å². The molecule has 2 aromatic rings. The molecule has 1 N–H and O–H groups in total. The average Bonchev–Trinajstić information content (AvgIpc) is 3.07. The third-order valence-electron chi connectivity index (χ3n) is 5.04. The van der Waals surface area contributed by atoms with Crippen LogP contribution in [-0.2, 0) is 0 Å². The van der Waals surface area contributed by atoms with Crippen molar-refractivity contribution in [3.05, 3.63) is 42.0 Å². The van der Waals surface area contributed by atoms with Gasteiger partial charge in [0.2, 0.25) is 6.79 Å². The van der Waals surface area contributed by atoms with Crippen LogP contribution in [0.15, 0.2) is 36.4 Å². The van der Waals surface area contributed by atoms with Crippen molar-refractivity contribution in [2.24, 2.45) is 0 Å². The van der Waals surface area contributed by atoms with E-state index in [1.54, 1.807) is 26.4 Å². The molecule has 0 spiro atoms. The molecule has 7 nitrogen and oxygen atoms in total. The number of thioether (sulfide) groups is 1. The van der Waals surface area contributed by atoms with Gasteiger partial charge in [-0.05, 0) is 36.2 Å². The second-order valence-electron chi connectivity index (χ2n) is 6.72. The number of carbonyl (C=O) groups is 1. The number of nitrogens with zero attached hydrogens (tertiary/aromatic N) is 1. The van der Waals surface area contributed by atoms with Gasteiger partial charge in [-0.25, -0.2) is 4.79 Å². The van der Waals surface area contributed by atoms with Crippen LogP contribution in [0.25, 0.3) is 0 Å². The van der Waals surface area contributed by atoms with E-state index >= 15 is 0 Å². The Morgan fingerprint density at radius 1 is 1.14 bits per heavy atom. The zero-order chi connectivity index (χ0) is 20.2. The molecule has 2 amide bonds. The molecule has 1 unspecified atom stereocenters. The molecule has 0 aliphatic carbocycles. The number of rotatable bonds is 4. The van der Waals surface area contributed by atoms with Crippen LogP contribution in [0.4, 0.5) is 10.5 Å². The Kier molecular flexibility index (Phi) is 5.89. The molecule has 8 heteroatoms. The number of nitrogens with one attached hydrogen (secondary N) is 1. The molecule has 4 rings (SSSR count). The van der Waals surface area contributed by atoms with Crippen LogP contribution in [-0.4, -0.2) is 50.8 Å². The Labute approximate surface area is 174 Å². The Hall–Kier alpha value is -2.74. The molecule has 0 saturated carbocycles. The molecular formula is C21H24N2O5S. The summed E-state index contributed by atoms with van der Waals surface area (Å²) in [5.74, 6) is 3.56. The van der Waals surface area contributed by atoms with E-state index in [1.165, 1.54) is 5.56 Å². The van der Waals surface area contributed by atoms with Gasteiger partial charge in [0.15, 0.2) is 23.0 Å². The number of ether oxygens (including phenoxy) is 4. The standard InChI is InChI=1S/C21H24N2O5S/c1-25-17-5-3-4-15(20(17)26-2)22-21(24)23-9-8-19(29-11-10-23)14-6-7-16-18(12-14)28-13-27-16/h3-7,12,19H,8-11,13H2,1-2H3,(H,22,24). The van der Waals surface area contributed by atoms with Crippen molar-refractivity contribution in [1.82, 2.24) is 4.90 Å². The highest BCUT2D eigenvalue weighted by Gasteiger charge is 2.24. The SMILES string of the molecule is COc1cccc(NC(=O)N2CCSC(c3ccc4c(c3)OCO4)CC2)c1OC. The monoisotopic (exact) mass is 416 g/mol. The molecule has 2 heterocycles. The summed E-state index contributed by atoms with van der Waals surface area (Å²) in [6.45, 7) is 1.63. The predicted octanol–water partition coefficient (Wildman–Crippen LogP) is 4.14. The fourth-order valence-corrected chi connectivity index (χ4v) is 4.75. The lowest BCUT2D eigenvalue weighted by Crippen LogP contribution is -2.36. The fourth-order valence-electron chi connectivity index (χ4n) is 3.53. The number of methoxy groups -OCH3 is 2. The third-order valence-corrected chi connectivity index (χ3v) is 6.37. The quantitative estimate of drug-likeness (QED) is 0.808. The fraction of sp³-hybridized carbons (Fsp3) is 0.381. The first kappa shape index (κ1) is 19.6. The number of anilines is 1. The number of para-hydroxylation sites is 1. The molecule has 0 bridgehead atoms. The minimum atomic E-state index is -0.136. The summed E-state index contributed by atoms with van der Waals surface area (Å²) in [5.41, 5.74) is 1.80. The maximum Gasteiger partial charge on any atom is 0.321 e. The van der Waals surface area contributed by atoms with Crippen LogP contribution in [0.1, 0.15) is 17.2 Å². The number of carbonyl (C=O) groups excluding carboxylic acids is 1. The lowest BCUT2D eigenvalue weighted by atomic mass is 10.1. The Balaban J connectivity index is 1.41. The van der Waals surface area contributed by atoms with Gasteiger partial charge in [0.1, 0.15) is 0 Å². The van der Waals surface area contributed by atoms with E-state index in [1.807, 2.05) is 28.8 Å². The van der Waals surface area contributed by atoms with Crippen LogP contribution in [0.3, 0.4) is 0 Å². The van der Waals surface area contributed by atoms with Crippen LogP contribution >= 0.6 is 11.8 Å². The number of amides is 2. The van der Waals surface area contributed by atoms with Gasteiger partial charge in [-0.1, -0.05) is 12.1 Å². The van der Waals surface area contributed by atoms with Gasteiger partial charge in [-0.3, -0.25) is 0 Å². The second kappa shape index (κ2) is 8.73. The summed E-state index contributed by atoms with van der Waals surface area (Å²) in [4.78, 5) is 14.7. The molecule has 2 aliphatic rings. The van der Waals surface area contributed by atoms with E-state index in [-0.39, 0.29) is 12.8 Å². The number of urea groups is 1. The van der Waals surface area contributed by atoms with Crippen LogP contribution in [0.5, 0.6) is 23.0 Å². The van der Waals surface area contributed by atoms with Crippen molar-refractivity contribution in [3.8, 4) is 23.0 Å². The lowest BCUT2D eigenvalue weighted by molar-refractivity contribution is 0.174. The van der Waals surface area contributed by atoms with Gasteiger partial charge in [-0.2, -0.15) is 11.8 Å². The summed E-state index contributed by atoms with van der Waals surface area (Å²) in [7, 11) is 3.14. The van der Waals surface area contributed by atoms with Gasteiger partial charge < -0.3 is 29.2 Å². The summed E-state index contributed by atoms with van der Waals surface area (Å²) in [5, 5.41) is 3.27. The highest BCUT2D eigenvalue weighted by Crippen LogP contribution is 2.40. The molecule has 0 radical (unpaired) electrons. The normalized spacial score (nSPS) is 18.1. The van der Waals surface area contributed by atoms with Gasteiger partial charge in [0.25, 0.3) is 0 Å². The first-order valence-electron chi connectivity index (χ1n) is 9.47.